The first-order valence-corrected chi connectivity index (χ1v) is 7.69. The summed E-state index contributed by atoms with van der Waals surface area (Å²) in [4.78, 5) is 0. The summed E-state index contributed by atoms with van der Waals surface area (Å²) in [5.41, 5.74) is 0. The monoisotopic (exact) mass is 236 g/mol. The van der Waals surface area contributed by atoms with Gasteiger partial charge >= 0.3 is 0 Å². The Kier molecular flexibility index (Phi) is 6.12. The first-order valence-electron chi connectivity index (χ1n) is 7.69. The minimum Gasteiger partial charge on any atom is -0.381 e. The molecule has 0 spiro atoms. The van der Waals surface area contributed by atoms with E-state index in [1.807, 2.05) is 0 Å². The smallest absolute Gasteiger partial charge is 0.0497 e. The molecule has 0 aromatic heterocycles. The molecule has 98 valence electrons. The van der Waals surface area contributed by atoms with Gasteiger partial charge in [0.2, 0.25) is 0 Å². The Balaban J connectivity index is 1.63. The molecule has 0 amide bonds. The minimum atomic E-state index is 0.919. The lowest BCUT2D eigenvalue weighted by Crippen LogP contribution is -2.00. The molecule has 1 saturated carbocycles. The predicted molar refractivity (Wildman–Crippen MR) is 73.1 cm³/mol. The molecule has 0 saturated heterocycles. The second-order valence-electron chi connectivity index (χ2n) is 5.79. The molecule has 2 rings (SSSR count). The lowest BCUT2D eigenvalue weighted by atomic mass is 10.1. The van der Waals surface area contributed by atoms with Crippen molar-refractivity contribution in [1.29, 1.82) is 0 Å². The zero-order valence-electron chi connectivity index (χ0n) is 11.2. The lowest BCUT2D eigenvalue weighted by Gasteiger charge is -2.04. The Morgan fingerprint density at radius 3 is 2.41 bits per heavy atom. The molecular weight excluding hydrogens is 208 g/mol. The van der Waals surface area contributed by atoms with Crippen LogP contribution in [0.4, 0.5) is 0 Å². The molecule has 0 N–H and O–H groups in total. The molecule has 1 aliphatic carbocycles. The Hall–Kier alpha value is -0.300. The maximum Gasteiger partial charge on any atom is 0.0497 e. The van der Waals surface area contributed by atoms with Crippen molar-refractivity contribution in [2.24, 2.45) is 11.8 Å². The summed E-state index contributed by atoms with van der Waals surface area (Å²) in [5, 5.41) is 0. The van der Waals surface area contributed by atoms with Crippen LogP contribution in [0.2, 0.25) is 0 Å². The highest BCUT2D eigenvalue weighted by molar-refractivity contribution is 4.86. The molecule has 17 heavy (non-hydrogen) atoms. The quantitative estimate of drug-likeness (QED) is 0.553. The van der Waals surface area contributed by atoms with Gasteiger partial charge in [-0.15, -0.1) is 0 Å². The highest BCUT2D eigenvalue weighted by atomic mass is 16.5. The molecule has 2 unspecified atom stereocenters. The molecule has 2 atom stereocenters. The van der Waals surface area contributed by atoms with Crippen LogP contribution in [0.1, 0.15) is 64.2 Å². The summed E-state index contributed by atoms with van der Waals surface area (Å²) in [6.45, 7) is 2.03. The summed E-state index contributed by atoms with van der Waals surface area (Å²) in [7, 11) is 0. The van der Waals surface area contributed by atoms with Crippen LogP contribution in [-0.2, 0) is 4.74 Å². The molecule has 1 nitrogen and oxygen atoms in total. The van der Waals surface area contributed by atoms with Crippen molar-refractivity contribution < 1.29 is 4.74 Å². The summed E-state index contributed by atoms with van der Waals surface area (Å²) in [6, 6.07) is 0. The van der Waals surface area contributed by atoms with Gasteiger partial charge in [-0.25, -0.2) is 0 Å². The summed E-state index contributed by atoms with van der Waals surface area (Å²) in [5.74, 6) is 1.94. The number of rotatable bonds is 0. The van der Waals surface area contributed by atoms with Crippen molar-refractivity contribution in [2.75, 3.05) is 13.2 Å². The largest absolute Gasteiger partial charge is 0.381 e. The van der Waals surface area contributed by atoms with Gasteiger partial charge in [-0.2, -0.15) is 0 Å². The number of ether oxygens (including phenoxy) is 1. The van der Waals surface area contributed by atoms with E-state index >= 15 is 0 Å². The van der Waals surface area contributed by atoms with Crippen LogP contribution in [0.3, 0.4) is 0 Å². The van der Waals surface area contributed by atoms with Gasteiger partial charge in [-0.05, 0) is 50.4 Å². The normalized spacial score (nSPS) is 32.9. The van der Waals surface area contributed by atoms with Crippen molar-refractivity contribution >= 4 is 0 Å². The fourth-order valence-corrected chi connectivity index (χ4v) is 2.83. The van der Waals surface area contributed by atoms with Crippen LogP contribution in [0, 0.1) is 11.8 Å². The Morgan fingerprint density at radius 2 is 1.53 bits per heavy atom. The Bertz CT molecular complexity index is 200. The van der Waals surface area contributed by atoms with E-state index in [0.29, 0.717) is 0 Å². The van der Waals surface area contributed by atoms with E-state index in [1.54, 1.807) is 0 Å². The molecule has 1 fully saturated rings. The second kappa shape index (κ2) is 7.92. The SMILES string of the molecule is C1=CCCCCOCC2CC2CCCCCC1. The van der Waals surface area contributed by atoms with E-state index in [4.69, 9.17) is 4.74 Å². The van der Waals surface area contributed by atoms with Crippen molar-refractivity contribution in [3.05, 3.63) is 12.2 Å². The third-order valence-electron chi connectivity index (χ3n) is 4.17. The zero-order valence-corrected chi connectivity index (χ0v) is 11.2. The van der Waals surface area contributed by atoms with Crippen LogP contribution in [0.25, 0.3) is 0 Å². The molecule has 0 aromatic carbocycles. The summed E-state index contributed by atoms with van der Waals surface area (Å²) in [6.07, 6.45) is 18.4. The molecular formula is C16H28O. The zero-order chi connectivity index (χ0) is 11.8. The van der Waals surface area contributed by atoms with Gasteiger partial charge < -0.3 is 4.74 Å². The van der Waals surface area contributed by atoms with E-state index in [1.165, 1.54) is 64.2 Å². The van der Waals surface area contributed by atoms with E-state index in [0.717, 1.165) is 25.0 Å². The fourth-order valence-electron chi connectivity index (χ4n) is 2.83. The van der Waals surface area contributed by atoms with Gasteiger partial charge in [0.25, 0.3) is 0 Å². The van der Waals surface area contributed by atoms with Crippen LogP contribution in [0.15, 0.2) is 12.2 Å². The van der Waals surface area contributed by atoms with E-state index in [-0.39, 0.29) is 0 Å². The Labute approximate surface area is 107 Å². The standard InChI is InChI=1S/C16H28O/c1-2-4-6-8-10-12-17-14-16-13-15(16)11-9-7-5-3-1/h2,4,15-16H,1,3,5-14H2. The molecule has 0 aromatic rings. The lowest BCUT2D eigenvalue weighted by molar-refractivity contribution is 0.117. The van der Waals surface area contributed by atoms with Gasteiger partial charge in [0.15, 0.2) is 0 Å². The fraction of sp³-hybridized carbons (Fsp3) is 0.875. The molecule has 0 radical (unpaired) electrons. The van der Waals surface area contributed by atoms with Gasteiger partial charge in [-0.3, -0.25) is 0 Å². The number of allylic oxidation sites excluding steroid dienone is 2. The van der Waals surface area contributed by atoms with Crippen LogP contribution < -0.4 is 0 Å². The van der Waals surface area contributed by atoms with Crippen molar-refractivity contribution in [3.8, 4) is 0 Å². The average molecular weight is 236 g/mol. The third kappa shape index (κ3) is 5.72. The van der Waals surface area contributed by atoms with Gasteiger partial charge in [0.1, 0.15) is 0 Å². The van der Waals surface area contributed by atoms with Crippen molar-refractivity contribution in [3.63, 3.8) is 0 Å². The molecule has 1 heterocycles. The van der Waals surface area contributed by atoms with Crippen molar-refractivity contribution in [1.82, 2.24) is 0 Å². The first-order chi connectivity index (χ1) is 8.47. The van der Waals surface area contributed by atoms with Crippen LogP contribution in [-0.4, -0.2) is 13.2 Å². The third-order valence-corrected chi connectivity index (χ3v) is 4.17. The highest BCUT2D eigenvalue weighted by Gasteiger charge is 2.35. The molecule has 0 bridgehead atoms. The first kappa shape index (κ1) is 13.1. The number of hydrogen-bond donors (Lipinski definition) is 0. The summed E-state index contributed by atoms with van der Waals surface area (Å²) < 4.78 is 5.76. The van der Waals surface area contributed by atoms with Gasteiger partial charge in [-0.1, -0.05) is 37.8 Å². The van der Waals surface area contributed by atoms with E-state index in [9.17, 15) is 0 Å². The second-order valence-corrected chi connectivity index (χ2v) is 5.79. The highest BCUT2D eigenvalue weighted by Crippen LogP contribution is 2.42. The van der Waals surface area contributed by atoms with E-state index < -0.39 is 0 Å². The predicted octanol–water partition coefficient (Wildman–Crippen LogP) is 4.72. The molecule has 1 aliphatic heterocycles. The maximum atomic E-state index is 5.76. The van der Waals surface area contributed by atoms with Gasteiger partial charge in [0.05, 0.1) is 0 Å². The summed E-state index contributed by atoms with van der Waals surface area (Å²) >= 11 is 0. The van der Waals surface area contributed by atoms with Crippen LogP contribution in [0.5, 0.6) is 0 Å². The number of hydrogen-bond acceptors (Lipinski definition) is 1. The van der Waals surface area contributed by atoms with Crippen molar-refractivity contribution in [2.45, 2.75) is 64.2 Å². The Morgan fingerprint density at radius 1 is 0.765 bits per heavy atom. The average Bonchev–Trinajstić information content (AvgIpc) is 3.07. The topological polar surface area (TPSA) is 9.23 Å². The van der Waals surface area contributed by atoms with E-state index in [2.05, 4.69) is 12.2 Å². The minimum absolute atomic E-state index is 0.919. The van der Waals surface area contributed by atoms with Gasteiger partial charge in [0, 0.05) is 13.2 Å². The molecule has 2 aliphatic rings. The van der Waals surface area contributed by atoms with Crippen LogP contribution >= 0.6 is 0 Å². The number of fused-ring (bicyclic) bond motifs is 1. The maximum absolute atomic E-state index is 5.76. The molecule has 1 heteroatoms.